The number of nitrogens with zero attached hydrogens (tertiary/aromatic N) is 3. The van der Waals surface area contributed by atoms with Gasteiger partial charge in [0.25, 0.3) is 0 Å². The van der Waals surface area contributed by atoms with E-state index in [1.807, 2.05) is 6.20 Å². The number of H-pyrrole nitrogens is 1. The zero-order chi connectivity index (χ0) is 19.0. The van der Waals surface area contributed by atoms with Crippen LogP contribution in [-0.2, 0) is 9.84 Å². The molecule has 0 unspecified atom stereocenters. The Morgan fingerprint density at radius 1 is 1.11 bits per heavy atom. The number of benzene rings is 1. The smallest absolute Gasteiger partial charge is 0.180 e. The van der Waals surface area contributed by atoms with Gasteiger partial charge in [0, 0.05) is 37.9 Å². The van der Waals surface area contributed by atoms with Crippen molar-refractivity contribution in [1.29, 1.82) is 0 Å². The molecule has 1 aliphatic rings. The van der Waals surface area contributed by atoms with Crippen molar-refractivity contribution in [2.75, 3.05) is 31.1 Å². The highest BCUT2D eigenvalue weighted by atomic mass is 32.2. The molecule has 7 nitrogen and oxygen atoms in total. The molecule has 142 valence electrons. The lowest BCUT2D eigenvalue weighted by atomic mass is 10.1. The number of hydrogen-bond donors (Lipinski definition) is 2. The molecule has 0 spiro atoms. The van der Waals surface area contributed by atoms with E-state index >= 15 is 0 Å². The van der Waals surface area contributed by atoms with Crippen molar-refractivity contribution < 1.29 is 8.42 Å². The average molecular weight is 385 g/mol. The van der Waals surface area contributed by atoms with Crippen molar-refractivity contribution in [3.8, 4) is 11.3 Å². The molecule has 0 amide bonds. The standard InChI is InChI=1S/C19H23N5O2S/c1-13(2)27(25,26)15-5-3-14(4-6-15)16-11-21-19-18(23-16)17(12-22-19)24-9-7-20-8-10-24/h3-6,11-13,20H,7-10H2,1-2H3,(H,21,22). The van der Waals surface area contributed by atoms with Crippen LogP contribution in [0.3, 0.4) is 0 Å². The van der Waals surface area contributed by atoms with Gasteiger partial charge in [-0.15, -0.1) is 0 Å². The van der Waals surface area contributed by atoms with Crippen LogP contribution >= 0.6 is 0 Å². The molecular weight excluding hydrogens is 362 g/mol. The Labute approximate surface area is 158 Å². The summed E-state index contributed by atoms with van der Waals surface area (Å²) in [6.07, 6.45) is 3.67. The van der Waals surface area contributed by atoms with Crippen LogP contribution in [0.2, 0.25) is 0 Å². The predicted molar refractivity (Wildman–Crippen MR) is 107 cm³/mol. The first-order valence-electron chi connectivity index (χ1n) is 9.11. The molecule has 4 rings (SSSR count). The maximum atomic E-state index is 12.3. The van der Waals surface area contributed by atoms with E-state index in [0.29, 0.717) is 4.90 Å². The lowest BCUT2D eigenvalue weighted by Gasteiger charge is -2.28. The van der Waals surface area contributed by atoms with E-state index in [0.717, 1.165) is 54.3 Å². The zero-order valence-electron chi connectivity index (χ0n) is 15.4. The summed E-state index contributed by atoms with van der Waals surface area (Å²) in [5.74, 6) is 0. The lowest BCUT2D eigenvalue weighted by molar-refractivity contribution is 0.587. The Bertz CT molecular complexity index is 1050. The van der Waals surface area contributed by atoms with Crippen LogP contribution in [0.25, 0.3) is 22.4 Å². The summed E-state index contributed by atoms with van der Waals surface area (Å²) in [4.78, 5) is 15.1. The minimum atomic E-state index is -3.28. The maximum Gasteiger partial charge on any atom is 0.180 e. The molecule has 0 aliphatic carbocycles. The Balaban J connectivity index is 1.69. The molecule has 3 aromatic rings. The summed E-state index contributed by atoms with van der Waals surface area (Å²) in [6.45, 7) is 7.14. The number of rotatable bonds is 4. The van der Waals surface area contributed by atoms with Crippen molar-refractivity contribution in [2.45, 2.75) is 24.0 Å². The van der Waals surface area contributed by atoms with Crippen LogP contribution in [0.5, 0.6) is 0 Å². The number of hydrogen-bond acceptors (Lipinski definition) is 6. The average Bonchev–Trinajstić information content (AvgIpc) is 3.12. The van der Waals surface area contributed by atoms with E-state index in [4.69, 9.17) is 4.98 Å². The molecular formula is C19H23N5O2S. The Morgan fingerprint density at radius 2 is 1.81 bits per heavy atom. The second-order valence-electron chi connectivity index (χ2n) is 6.98. The summed E-state index contributed by atoms with van der Waals surface area (Å²) in [6, 6.07) is 6.88. The number of fused-ring (bicyclic) bond motifs is 1. The molecule has 0 radical (unpaired) electrons. The first-order valence-corrected chi connectivity index (χ1v) is 10.7. The van der Waals surface area contributed by atoms with E-state index in [9.17, 15) is 8.42 Å². The lowest BCUT2D eigenvalue weighted by Crippen LogP contribution is -2.43. The minimum Gasteiger partial charge on any atom is -0.366 e. The van der Waals surface area contributed by atoms with Gasteiger partial charge in [0.1, 0.15) is 5.52 Å². The Morgan fingerprint density at radius 3 is 2.48 bits per heavy atom. The van der Waals surface area contributed by atoms with E-state index in [2.05, 4.69) is 20.2 Å². The number of aromatic amines is 1. The molecule has 0 bridgehead atoms. The van der Waals surface area contributed by atoms with Crippen molar-refractivity contribution in [2.24, 2.45) is 0 Å². The molecule has 1 saturated heterocycles. The second kappa shape index (κ2) is 6.94. The van der Waals surface area contributed by atoms with Gasteiger partial charge in [0.2, 0.25) is 0 Å². The Kier molecular flexibility index (Phi) is 4.61. The second-order valence-corrected chi connectivity index (χ2v) is 9.49. The van der Waals surface area contributed by atoms with Crippen LogP contribution in [0, 0.1) is 0 Å². The molecule has 3 heterocycles. The normalized spacial score (nSPS) is 15.6. The third-order valence-electron chi connectivity index (χ3n) is 4.92. The van der Waals surface area contributed by atoms with E-state index in [-0.39, 0.29) is 0 Å². The topological polar surface area (TPSA) is 91.0 Å². The molecule has 1 aromatic carbocycles. The largest absolute Gasteiger partial charge is 0.366 e. The predicted octanol–water partition coefficient (Wildman–Crippen LogP) is 2.22. The molecule has 8 heteroatoms. The highest BCUT2D eigenvalue weighted by molar-refractivity contribution is 7.92. The SMILES string of the molecule is CC(C)S(=O)(=O)c1ccc(-c2cnc3[nH]cc(N4CCNCC4)c3n2)cc1. The first-order chi connectivity index (χ1) is 13.0. The van der Waals surface area contributed by atoms with Gasteiger partial charge in [-0.25, -0.2) is 18.4 Å². The fraction of sp³-hybridized carbons (Fsp3) is 0.368. The fourth-order valence-electron chi connectivity index (χ4n) is 3.25. The van der Waals surface area contributed by atoms with Crippen molar-refractivity contribution >= 4 is 26.7 Å². The van der Waals surface area contributed by atoms with Gasteiger partial charge >= 0.3 is 0 Å². The van der Waals surface area contributed by atoms with Gasteiger partial charge in [0.15, 0.2) is 15.5 Å². The molecule has 1 fully saturated rings. The van der Waals surface area contributed by atoms with Crippen LogP contribution in [0.4, 0.5) is 5.69 Å². The molecule has 0 saturated carbocycles. The maximum absolute atomic E-state index is 12.3. The third kappa shape index (κ3) is 3.30. The number of anilines is 1. The van der Waals surface area contributed by atoms with Gasteiger partial charge in [-0.3, -0.25) is 0 Å². The number of aromatic nitrogens is 3. The highest BCUT2D eigenvalue weighted by Gasteiger charge is 2.20. The monoisotopic (exact) mass is 385 g/mol. The van der Waals surface area contributed by atoms with Gasteiger partial charge in [-0.2, -0.15) is 0 Å². The van der Waals surface area contributed by atoms with Gasteiger partial charge in [-0.1, -0.05) is 12.1 Å². The summed E-state index contributed by atoms with van der Waals surface area (Å²) in [5, 5.41) is 2.91. The summed E-state index contributed by atoms with van der Waals surface area (Å²) >= 11 is 0. The van der Waals surface area contributed by atoms with Crippen LogP contribution in [-0.4, -0.2) is 54.8 Å². The number of nitrogens with one attached hydrogen (secondary N) is 2. The minimum absolute atomic E-state index is 0.332. The Hall–Kier alpha value is -2.45. The fourth-order valence-corrected chi connectivity index (χ4v) is 4.31. The van der Waals surface area contributed by atoms with E-state index < -0.39 is 15.1 Å². The highest BCUT2D eigenvalue weighted by Crippen LogP contribution is 2.28. The molecule has 1 aliphatic heterocycles. The van der Waals surface area contributed by atoms with Crippen molar-refractivity contribution in [3.05, 3.63) is 36.7 Å². The van der Waals surface area contributed by atoms with E-state index in [1.165, 1.54) is 0 Å². The van der Waals surface area contributed by atoms with Crippen LogP contribution in [0.1, 0.15) is 13.8 Å². The van der Waals surface area contributed by atoms with Crippen LogP contribution in [0.15, 0.2) is 41.6 Å². The molecule has 2 N–H and O–H groups in total. The van der Waals surface area contributed by atoms with Gasteiger partial charge < -0.3 is 15.2 Å². The summed E-state index contributed by atoms with van der Waals surface area (Å²) in [5.41, 5.74) is 4.23. The number of sulfone groups is 1. The molecule has 0 atom stereocenters. The van der Waals surface area contributed by atoms with Gasteiger partial charge in [-0.05, 0) is 26.0 Å². The number of piperazine rings is 1. The van der Waals surface area contributed by atoms with Gasteiger partial charge in [0.05, 0.1) is 27.7 Å². The van der Waals surface area contributed by atoms with E-state index in [1.54, 1.807) is 44.3 Å². The molecule has 27 heavy (non-hydrogen) atoms. The van der Waals surface area contributed by atoms with Crippen molar-refractivity contribution in [1.82, 2.24) is 20.3 Å². The summed E-state index contributed by atoms with van der Waals surface area (Å²) in [7, 11) is -3.28. The quantitative estimate of drug-likeness (QED) is 0.716. The summed E-state index contributed by atoms with van der Waals surface area (Å²) < 4.78 is 24.6. The zero-order valence-corrected chi connectivity index (χ0v) is 16.3. The van der Waals surface area contributed by atoms with Crippen molar-refractivity contribution in [3.63, 3.8) is 0 Å². The third-order valence-corrected chi connectivity index (χ3v) is 7.09. The molecule has 2 aromatic heterocycles. The first kappa shape index (κ1) is 17.9. The van der Waals surface area contributed by atoms with Crippen LogP contribution < -0.4 is 10.2 Å².